The van der Waals surface area contributed by atoms with Crippen molar-refractivity contribution in [3.63, 3.8) is 0 Å². The lowest BCUT2D eigenvalue weighted by Crippen LogP contribution is -2.38. The van der Waals surface area contributed by atoms with E-state index in [0.29, 0.717) is 12.1 Å². The van der Waals surface area contributed by atoms with Gasteiger partial charge < -0.3 is 10.1 Å². The van der Waals surface area contributed by atoms with E-state index in [0.717, 1.165) is 13.2 Å². The minimum absolute atomic E-state index is 0.460. The monoisotopic (exact) mass is 211 g/mol. The van der Waals surface area contributed by atoms with Crippen molar-refractivity contribution >= 4 is 11.3 Å². The first-order valence-corrected chi connectivity index (χ1v) is 6.11. The fraction of sp³-hybridized carbons (Fsp3) is 0.636. The average molecular weight is 211 g/mol. The maximum atomic E-state index is 5.44. The van der Waals surface area contributed by atoms with Gasteiger partial charge in [0.2, 0.25) is 0 Å². The molecule has 3 heteroatoms. The van der Waals surface area contributed by atoms with E-state index in [9.17, 15) is 0 Å². The van der Waals surface area contributed by atoms with Crippen LogP contribution in [0.1, 0.15) is 30.7 Å². The molecule has 1 aromatic heterocycles. The second-order valence-electron chi connectivity index (χ2n) is 3.82. The molecule has 0 bridgehead atoms. The quantitative estimate of drug-likeness (QED) is 0.829. The van der Waals surface area contributed by atoms with Gasteiger partial charge in [-0.25, -0.2) is 0 Å². The molecule has 0 spiro atoms. The second kappa shape index (κ2) is 4.91. The van der Waals surface area contributed by atoms with Gasteiger partial charge in [0.05, 0.1) is 6.61 Å². The summed E-state index contributed by atoms with van der Waals surface area (Å²) in [4.78, 5) is 1.41. The molecule has 0 saturated carbocycles. The van der Waals surface area contributed by atoms with Crippen LogP contribution in [0.4, 0.5) is 0 Å². The van der Waals surface area contributed by atoms with Gasteiger partial charge in [-0.2, -0.15) is 0 Å². The first-order chi connectivity index (χ1) is 6.86. The predicted octanol–water partition coefficient (Wildman–Crippen LogP) is 2.58. The molecule has 0 aliphatic carbocycles. The van der Waals surface area contributed by atoms with Gasteiger partial charge in [-0.15, -0.1) is 11.3 Å². The molecule has 0 amide bonds. The highest BCUT2D eigenvalue weighted by Crippen LogP contribution is 2.20. The molecule has 1 fully saturated rings. The Labute approximate surface area is 89.3 Å². The van der Waals surface area contributed by atoms with Crippen LogP contribution in [0.25, 0.3) is 0 Å². The number of thiophene rings is 1. The Morgan fingerprint density at radius 3 is 3.21 bits per heavy atom. The summed E-state index contributed by atoms with van der Waals surface area (Å²) in [7, 11) is 0. The standard InChI is InChI=1S/C11H17NOS/c1-9(11-5-3-7-14-11)12-10-4-2-6-13-8-10/h3,5,7,9-10,12H,2,4,6,8H2,1H3/t9-,10?/m0/s1. The number of ether oxygens (including phenoxy) is 1. The molecular weight excluding hydrogens is 194 g/mol. The molecule has 1 unspecified atom stereocenters. The fourth-order valence-electron chi connectivity index (χ4n) is 1.85. The number of hydrogen-bond acceptors (Lipinski definition) is 3. The summed E-state index contributed by atoms with van der Waals surface area (Å²) < 4.78 is 5.44. The zero-order valence-electron chi connectivity index (χ0n) is 8.53. The van der Waals surface area contributed by atoms with Crippen molar-refractivity contribution in [1.29, 1.82) is 0 Å². The lowest BCUT2D eigenvalue weighted by atomic mass is 10.1. The SMILES string of the molecule is C[C@H](NC1CCCOC1)c1cccs1. The van der Waals surface area contributed by atoms with Crippen LogP contribution in [0, 0.1) is 0 Å². The largest absolute Gasteiger partial charge is 0.380 e. The molecule has 1 aliphatic heterocycles. The third-order valence-electron chi connectivity index (χ3n) is 2.62. The average Bonchev–Trinajstić information content (AvgIpc) is 2.72. The summed E-state index contributed by atoms with van der Waals surface area (Å²) in [5, 5.41) is 5.74. The van der Waals surface area contributed by atoms with E-state index in [-0.39, 0.29) is 0 Å². The van der Waals surface area contributed by atoms with Gasteiger partial charge in [0, 0.05) is 23.6 Å². The van der Waals surface area contributed by atoms with Gasteiger partial charge in [0.15, 0.2) is 0 Å². The molecule has 1 saturated heterocycles. The van der Waals surface area contributed by atoms with Gasteiger partial charge in [0.1, 0.15) is 0 Å². The van der Waals surface area contributed by atoms with Crippen molar-refractivity contribution in [2.75, 3.05) is 13.2 Å². The summed E-state index contributed by atoms with van der Waals surface area (Å²) in [5.74, 6) is 0. The lowest BCUT2D eigenvalue weighted by Gasteiger charge is -2.26. The molecule has 1 N–H and O–H groups in total. The van der Waals surface area contributed by atoms with Crippen LogP contribution in [0.3, 0.4) is 0 Å². The van der Waals surface area contributed by atoms with Crippen molar-refractivity contribution in [1.82, 2.24) is 5.32 Å². The third-order valence-corrected chi connectivity index (χ3v) is 3.67. The fourth-order valence-corrected chi connectivity index (χ4v) is 2.59. The molecule has 2 atom stereocenters. The molecule has 78 valence electrons. The maximum absolute atomic E-state index is 5.44. The molecule has 2 nitrogen and oxygen atoms in total. The van der Waals surface area contributed by atoms with E-state index in [1.807, 2.05) is 11.3 Å². The first kappa shape index (κ1) is 10.1. The zero-order chi connectivity index (χ0) is 9.80. The van der Waals surface area contributed by atoms with Crippen LogP contribution < -0.4 is 5.32 Å². The molecule has 1 aliphatic rings. The van der Waals surface area contributed by atoms with Crippen molar-refractivity contribution < 1.29 is 4.74 Å². The van der Waals surface area contributed by atoms with Crippen LogP contribution >= 0.6 is 11.3 Å². The molecule has 2 heterocycles. The topological polar surface area (TPSA) is 21.3 Å². The number of rotatable bonds is 3. The summed E-state index contributed by atoms with van der Waals surface area (Å²) in [5.41, 5.74) is 0. The lowest BCUT2D eigenvalue weighted by molar-refractivity contribution is 0.0672. The Balaban J connectivity index is 1.84. The highest BCUT2D eigenvalue weighted by Gasteiger charge is 2.16. The van der Waals surface area contributed by atoms with Crippen LogP contribution in [0.2, 0.25) is 0 Å². The summed E-state index contributed by atoms with van der Waals surface area (Å²) in [6.07, 6.45) is 2.44. The van der Waals surface area contributed by atoms with Crippen LogP contribution in [0.5, 0.6) is 0 Å². The van der Waals surface area contributed by atoms with Crippen LogP contribution in [0.15, 0.2) is 17.5 Å². The Hall–Kier alpha value is -0.380. The summed E-state index contributed by atoms with van der Waals surface area (Å²) >= 11 is 1.82. The predicted molar refractivity (Wildman–Crippen MR) is 59.7 cm³/mol. The van der Waals surface area contributed by atoms with E-state index >= 15 is 0 Å². The highest BCUT2D eigenvalue weighted by molar-refractivity contribution is 7.10. The minimum atomic E-state index is 0.460. The molecule has 0 aromatic carbocycles. The van der Waals surface area contributed by atoms with Crippen molar-refractivity contribution in [3.05, 3.63) is 22.4 Å². The molecule has 14 heavy (non-hydrogen) atoms. The Kier molecular flexibility index (Phi) is 3.56. The van der Waals surface area contributed by atoms with Gasteiger partial charge in [0.25, 0.3) is 0 Å². The number of nitrogens with one attached hydrogen (secondary N) is 1. The van der Waals surface area contributed by atoms with Crippen molar-refractivity contribution in [3.8, 4) is 0 Å². The third kappa shape index (κ3) is 2.56. The van der Waals surface area contributed by atoms with Crippen LogP contribution in [-0.4, -0.2) is 19.3 Å². The number of hydrogen-bond donors (Lipinski definition) is 1. The molecular formula is C11H17NOS. The Bertz CT molecular complexity index is 254. The second-order valence-corrected chi connectivity index (χ2v) is 4.80. The zero-order valence-corrected chi connectivity index (χ0v) is 9.35. The van der Waals surface area contributed by atoms with E-state index in [1.165, 1.54) is 17.7 Å². The summed E-state index contributed by atoms with van der Waals surface area (Å²) in [6.45, 7) is 4.03. The van der Waals surface area contributed by atoms with Gasteiger partial charge in [-0.1, -0.05) is 6.07 Å². The van der Waals surface area contributed by atoms with Gasteiger partial charge in [-0.3, -0.25) is 0 Å². The van der Waals surface area contributed by atoms with Gasteiger partial charge in [-0.05, 0) is 31.2 Å². The normalized spacial score (nSPS) is 24.8. The van der Waals surface area contributed by atoms with E-state index in [1.54, 1.807) is 0 Å². The van der Waals surface area contributed by atoms with Crippen LogP contribution in [-0.2, 0) is 4.74 Å². The van der Waals surface area contributed by atoms with E-state index in [4.69, 9.17) is 4.74 Å². The Morgan fingerprint density at radius 1 is 1.64 bits per heavy atom. The molecule has 1 aromatic rings. The minimum Gasteiger partial charge on any atom is -0.380 e. The summed E-state index contributed by atoms with van der Waals surface area (Å²) in [6, 6.07) is 5.30. The van der Waals surface area contributed by atoms with E-state index < -0.39 is 0 Å². The maximum Gasteiger partial charge on any atom is 0.0619 e. The first-order valence-electron chi connectivity index (χ1n) is 5.23. The molecule has 2 rings (SSSR count). The highest BCUT2D eigenvalue weighted by atomic mass is 32.1. The molecule has 0 radical (unpaired) electrons. The van der Waals surface area contributed by atoms with Crippen molar-refractivity contribution in [2.24, 2.45) is 0 Å². The smallest absolute Gasteiger partial charge is 0.0619 e. The van der Waals surface area contributed by atoms with Gasteiger partial charge >= 0.3 is 0 Å². The Morgan fingerprint density at radius 2 is 2.57 bits per heavy atom. The van der Waals surface area contributed by atoms with Crippen molar-refractivity contribution in [2.45, 2.75) is 31.8 Å². The van der Waals surface area contributed by atoms with E-state index in [2.05, 4.69) is 29.8 Å².